The number of alkyl halides is 3. The summed E-state index contributed by atoms with van der Waals surface area (Å²) in [7, 11) is 0. The molecule has 0 aliphatic carbocycles. The summed E-state index contributed by atoms with van der Waals surface area (Å²) in [6.45, 7) is 5.21. The van der Waals surface area contributed by atoms with Crippen LogP contribution in [-0.4, -0.2) is 19.8 Å². The Hall–Kier alpha value is -1.23. The lowest BCUT2D eigenvalue weighted by atomic mass is 10.1. The van der Waals surface area contributed by atoms with Crippen molar-refractivity contribution in [1.29, 1.82) is 0 Å². The Bertz CT molecular complexity index is 363. The molecule has 1 aromatic rings. The van der Waals surface area contributed by atoms with E-state index in [4.69, 9.17) is 4.74 Å². The van der Waals surface area contributed by atoms with Crippen LogP contribution in [0.25, 0.3) is 0 Å². The average Bonchev–Trinajstić information content (AvgIpc) is 2.25. The Balaban J connectivity index is 2.70. The van der Waals surface area contributed by atoms with Crippen LogP contribution in [0.3, 0.4) is 0 Å². The highest BCUT2D eigenvalue weighted by Gasteiger charge is 2.30. The van der Waals surface area contributed by atoms with Crippen molar-refractivity contribution in [3.05, 3.63) is 29.3 Å². The monoisotopic (exact) mass is 247 g/mol. The minimum absolute atomic E-state index is 0.478. The van der Waals surface area contributed by atoms with E-state index in [0.29, 0.717) is 25.4 Å². The molecule has 0 bridgehead atoms. The van der Waals surface area contributed by atoms with Gasteiger partial charge in [-0.1, -0.05) is 6.07 Å². The summed E-state index contributed by atoms with van der Waals surface area (Å²) < 4.78 is 42.6. The first-order valence-electron chi connectivity index (χ1n) is 5.44. The molecule has 0 heterocycles. The summed E-state index contributed by atoms with van der Waals surface area (Å²) in [6, 6.07) is 3.68. The molecule has 0 spiro atoms. The smallest absolute Gasteiger partial charge is 0.383 e. The van der Waals surface area contributed by atoms with Gasteiger partial charge in [-0.3, -0.25) is 0 Å². The van der Waals surface area contributed by atoms with Crippen LogP contribution < -0.4 is 5.32 Å². The lowest BCUT2D eigenvalue weighted by Crippen LogP contribution is -2.11. The fourth-order valence-corrected chi connectivity index (χ4v) is 1.39. The zero-order valence-corrected chi connectivity index (χ0v) is 9.90. The summed E-state index contributed by atoms with van der Waals surface area (Å²) in [5, 5.41) is 2.94. The van der Waals surface area contributed by atoms with Crippen molar-refractivity contribution in [2.45, 2.75) is 20.0 Å². The topological polar surface area (TPSA) is 21.3 Å². The van der Waals surface area contributed by atoms with Crippen LogP contribution in [0.2, 0.25) is 0 Å². The highest BCUT2D eigenvalue weighted by Crippen LogP contribution is 2.31. The summed E-state index contributed by atoms with van der Waals surface area (Å²) >= 11 is 0. The molecule has 0 unspecified atom stereocenters. The zero-order valence-electron chi connectivity index (χ0n) is 9.90. The molecule has 17 heavy (non-hydrogen) atoms. The standard InChI is InChI=1S/C12H16F3NO/c1-3-17-7-6-16-11-8-10(12(13,14)15)5-4-9(11)2/h4-5,8,16H,3,6-7H2,1-2H3. The van der Waals surface area contributed by atoms with Gasteiger partial charge < -0.3 is 10.1 Å². The molecule has 2 nitrogen and oxygen atoms in total. The third kappa shape index (κ3) is 4.26. The zero-order chi connectivity index (χ0) is 12.9. The molecule has 0 fully saturated rings. The largest absolute Gasteiger partial charge is 0.416 e. The van der Waals surface area contributed by atoms with Gasteiger partial charge in [0.15, 0.2) is 0 Å². The number of hydrogen-bond donors (Lipinski definition) is 1. The molecule has 0 saturated carbocycles. The van der Waals surface area contributed by atoms with Gasteiger partial charge in [0.1, 0.15) is 0 Å². The van der Waals surface area contributed by atoms with Crippen molar-refractivity contribution in [2.24, 2.45) is 0 Å². The van der Waals surface area contributed by atoms with E-state index < -0.39 is 11.7 Å². The predicted molar refractivity (Wildman–Crippen MR) is 61.2 cm³/mol. The van der Waals surface area contributed by atoms with Crippen molar-refractivity contribution in [2.75, 3.05) is 25.1 Å². The summed E-state index contributed by atoms with van der Waals surface area (Å²) in [5.74, 6) is 0. The Labute approximate surface area is 98.8 Å². The van der Waals surface area contributed by atoms with Gasteiger partial charge in [-0.2, -0.15) is 13.2 Å². The minimum atomic E-state index is -4.30. The number of ether oxygens (including phenoxy) is 1. The number of hydrogen-bond acceptors (Lipinski definition) is 2. The molecular weight excluding hydrogens is 231 g/mol. The van der Waals surface area contributed by atoms with Gasteiger partial charge in [-0.05, 0) is 31.5 Å². The molecule has 1 rings (SSSR count). The molecule has 5 heteroatoms. The van der Waals surface area contributed by atoms with E-state index in [1.807, 2.05) is 6.92 Å². The molecule has 1 N–H and O–H groups in total. The van der Waals surface area contributed by atoms with Gasteiger partial charge in [-0.15, -0.1) is 0 Å². The first-order valence-corrected chi connectivity index (χ1v) is 5.44. The summed E-state index contributed by atoms with van der Waals surface area (Å²) in [6.07, 6.45) is -4.30. The third-order valence-corrected chi connectivity index (χ3v) is 2.33. The SMILES string of the molecule is CCOCCNc1cc(C(F)(F)F)ccc1C. The Kier molecular flexibility index (Phi) is 4.81. The van der Waals surface area contributed by atoms with Crippen LogP contribution in [-0.2, 0) is 10.9 Å². The highest BCUT2D eigenvalue weighted by molar-refractivity contribution is 5.53. The second kappa shape index (κ2) is 5.91. The lowest BCUT2D eigenvalue weighted by Gasteiger charge is -2.13. The van der Waals surface area contributed by atoms with Crippen LogP contribution in [0.5, 0.6) is 0 Å². The molecule has 0 aliphatic heterocycles. The molecule has 96 valence electrons. The normalized spacial score (nSPS) is 11.6. The molecule has 1 aromatic carbocycles. The van der Waals surface area contributed by atoms with E-state index in [-0.39, 0.29) is 0 Å². The average molecular weight is 247 g/mol. The lowest BCUT2D eigenvalue weighted by molar-refractivity contribution is -0.137. The fraction of sp³-hybridized carbons (Fsp3) is 0.500. The predicted octanol–water partition coefficient (Wildman–Crippen LogP) is 3.46. The molecule has 0 atom stereocenters. The van der Waals surface area contributed by atoms with Gasteiger partial charge in [0.25, 0.3) is 0 Å². The second-order valence-corrected chi connectivity index (χ2v) is 3.65. The van der Waals surface area contributed by atoms with Gasteiger partial charge in [-0.25, -0.2) is 0 Å². The van der Waals surface area contributed by atoms with Crippen molar-refractivity contribution in [3.8, 4) is 0 Å². The number of rotatable bonds is 5. The number of benzene rings is 1. The van der Waals surface area contributed by atoms with Gasteiger partial charge in [0.05, 0.1) is 12.2 Å². The van der Waals surface area contributed by atoms with E-state index >= 15 is 0 Å². The second-order valence-electron chi connectivity index (χ2n) is 3.65. The quantitative estimate of drug-likeness (QED) is 0.804. The Morgan fingerprint density at radius 1 is 1.29 bits per heavy atom. The van der Waals surface area contributed by atoms with Crippen molar-refractivity contribution < 1.29 is 17.9 Å². The number of anilines is 1. The number of nitrogens with one attached hydrogen (secondary N) is 1. The Morgan fingerprint density at radius 2 is 2.00 bits per heavy atom. The van der Waals surface area contributed by atoms with Crippen molar-refractivity contribution in [3.63, 3.8) is 0 Å². The van der Waals surface area contributed by atoms with E-state index in [1.54, 1.807) is 6.92 Å². The molecular formula is C12H16F3NO. The van der Waals surface area contributed by atoms with E-state index in [2.05, 4.69) is 5.32 Å². The molecule has 0 amide bonds. The van der Waals surface area contributed by atoms with Crippen LogP contribution in [0.15, 0.2) is 18.2 Å². The summed E-state index contributed by atoms with van der Waals surface area (Å²) in [5.41, 5.74) is 0.649. The van der Waals surface area contributed by atoms with Gasteiger partial charge >= 0.3 is 6.18 Å². The number of aryl methyl sites for hydroxylation is 1. The van der Waals surface area contributed by atoms with E-state index in [0.717, 1.165) is 17.7 Å². The van der Waals surface area contributed by atoms with Crippen LogP contribution in [0, 0.1) is 6.92 Å². The highest BCUT2D eigenvalue weighted by atomic mass is 19.4. The molecule has 0 radical (unpaired) electrons. The molecule has 0 saturated heterocycles. The number of halogens is 3. The summed E-state index contributed by atoms with van der Waals surface area (Å²) in [4.78, 5) is 0. The Morgan fingerprint density at radius 3 is 2.59 bits per heavy atom. The van der Waals surface area contributed by atoms with Crippen LogP contribution in [0.1, 0.15) is 18.1 Å². The van der Waals surface area contributed by atoms with Crippen LogP contribution >= 0.6 is 0 Å². The van der Waals surface area contributed by atoms with Crippen molar-refractivity contribution >= 4 is 5.69 Å². The molecule has 0 aromatic heterocycles. The van der Waals surface area contributed by atoms with Crippen molar-refractivity contribution in [1.82, 2.24) is 0 Å². The maximum Gasteiger partial charge on any atom is 0.416 e. The first-order chi connectivity index (χ1) is 7.95. The fourth-order valence-electron chi connectivity index (χ4n) is 1.39. The van der Waals surface area contributed by atoms with E-state index in [1.165, 1.54) is 6.07 Å². The minimum Gasteiger partial charge on any atom is -0.383 e. The third-order valence-electron chi connectivity index (χ3n) is 2.33. The van der Waals surface area contributed by atoms with Crippen LogP contribution in [0.4, 0.5) is 18.9 Å². The molecule has 0 aliphatic rings. The van der Waals surface area contributed by atoms with Gasteiger partial charge in [0, 0.05) is 18.8 Å². The maximum atomic E-state index is 12.5. The van der Waals surface area contributed by atoms with Gasteiger partial charge in [0.2, 0.25) is 0 Å². The maximum absolute atomic E-state index is 12.5. The first kappa shape index (κ1) is 13.8. The van der Waals surface area contributed by atoms with E-state index in [9.17, 15) is 13.2 Å².